The normalized spacial score (nSPS) is 15.3. The second-order valence-corrected chi connectivity index (χ2v) is 7.02. The summed E-state index contributed by atoms with van der Waals surface area (Å²) in [5.41, 5.74) is 0.481. The minimum atomic E-state index is -1.17. The zero-order valence-electron chi connectivity index (χ0n) is 16.6. The molecule has 9 nitrogen and oxygen atoms in total. The Labute approximate surface area is 167 Å². The molecule has 0 saturated heterocycles. The van der Waals surface area contributed by atoms with Crippen molar-refractivity contribution in [3.05, 3.63) is 47.7 Å². The van der Waals surface area contributed by atoms with Gasteiger partial charge in [0.25, 0.3) is 17.7 Å². The van der Waals surface area contributed by atoms with E-state index in [0.717, 1.165) is 4.90 Å². The number of nitrogens with zero attached hydrogens (tertiary/aromatic N) is 3. The van der Waals surface area contributed by atoms with Crippen molar-refractivity contribution in [3.8, 4) is 0 Å². The molecule has 1 aliphatic heterocycles. The Kier molecular flexibility index (Phi) is 5.49. The Hall–Kier alpha value is -3.49. The van der Waals surface area contributed by atoms with Gasteiger partial charge in [0, 0.05) is 12.1 Å². The van der Waals surface area contributed by atoms with E-state index in [1.54, 1.807) is 29.1 Å². The van der Waals surface area contributed by atoms with Crippen molar-refractivity contribution in [2.45, 2.75) is 45.9 Å². The predicted octanol–water partition coefficient (Wildman–Crippen LogP) is 2.02. The van der Waals surface area contributed by atoms with Crippen molar-refractivity contribution in [2.24, 2.45) is 0 Å². The van der Waals surface area contributed by atoms with E-state index in [4.69, 9.17) is 4.74 Å². The first-order chi connectivity index (χ1) is 13.7. The molecular weight excluding hydrogens is 376 g/mol. The summed E-state index contributed by atoms with van der Waals surface area (Å²) in [7, 11) is 0. The number of aromatic nitrogens is 2. The summed E-state index contributed by atoms with van der Waals surface area (Å²) in [6.45, 7) is 6.63. The molecule has 2 aromatic rings. The number of rotatable bonds is 6. The van der Waals surface area contributed by atoms with Crippen LogP contribution in [0.3, 0.4) is 0 Å². The first kappa shape index (κ1) is 20.2. The largest absolute Gasteiger partial charge is 0.451 e. The highest BCUT2D eigenvalue weighted by molar-refractivity contribution is 6.22. The number of nitrogens with one attached hydrogen (secondary N) is 1. The van der Waals surface area contributed by atoms with Gasteiger partial charge in [-0.05, 0) is 39.8 Å². The van der Waals surface area contributed by atoms with Crippen LogP contribution in [0.15, 0.2) is 36.5 Å². The van der Waals surface area contributed by atoms with E-state index in [2.05, 4.69) is 10.4 Å². The number of carbonyl (C=O) groups is 4. The van der Waals surface area contributed by atoms with Crippen LogP contribution in [-0.2, 0) is 14.3 Å². The number of fused-ring (bicyclic) bond motifs is 1. The Morgan fingerprint density at radius 2 is 1.59 bits per heavy atom. The van der Waals surface area contributed by atoms with Gasteiger partial charge in [-0.15, -0.1) is 0 Å². The number of imide groups is 1. The lowest BCUT2D eigenvalue weighted by Crippen LogP contribution is -2.45. The fourth-order valence-corrected chi connectivity index (χ4v) is 3.04. The first-order valence-electron chi connectivity index (χ1n) is 9.24. The molecule has 0 saturated carbocycles. The molecule has 2 atom stereocenters. The van der Waals surface area contributed by atoms with E-state index in [9.17, 15) is 19.2 Å². The second kappa shape index (κ2) is 7.86. The number of anilines is 1. The molecule has 1 aliphatic rings. The third-order valence-electron chi connectivity index (χ3n) is 4.63. The van der Waals surface area contributed by atoms with Crippen LogP contribution in [0.1, 0.15) is 54.5 Å². The smallest absolute Gasteiger partial charge is 0.329 e. The zero-order chi connectivity index (χ0) is 21.3. The Balaban J connectivity index is 1.65. The van der Waals surface area contributed by atoms with Gasteiger partial charge in [0.15, 0.2) is 6.10 Å². The molecule has 152 valence electrons. The van der Waals surface area contributed by atoms with Gasteiger partial charge in [0.2, 0.25) is 0 Å². The summed E-state index contributed by atoms with van der Waals surface area (Å²) in [6, 6.07) is 6.85. The van der Waals surface area contributed by atoms with Gasteiger partial charge in [-0.2, -0.15) is 5.10 Å². The molecule has 9 heteroatoms. The van der Waals surface area contributed by atoms with Crippen LogP contribution in [0.4, 0.5) is 5.82 Å². The summed E-state index contributed by atoms with van der Waals surface area (Å²) in [5.74, 6) is -2.04. The average Bonchev–Trinajstić information content (AvgIpc) is 3.24. The molecule has 0 bridgehead atoms. The number of hydrogen-bond donors (Lipinski definition) is 1. The fourth-order valence-electron chi connectivity index (χ4n) is 3.04. The van der Waals surface area contributed by atoms with Crippen LogP contribution in [0.5, 0.6) is 0 Å². The highest BCUT2D eigenvalue weighted by Crippen LogP contribution is 2.25. The van der Waals surface area contributed by atoms with Gasteiger partial charge >= 0.3 is 5.97 Å². The van der Waals surface area contributed by atoms with E-state index in [1.165, 1.54) is 26.0 Å². The van der Waals surface area contributed by atoms with Gasteiger partial charge in [0.05, 0.1) is 17.3 Å². The number of amides is 3. The Morgan fingerprint density at radius 3 is 2.14 bits per heavy atom. The number of carbonyl (C=O) groups excluding carboxylic acids is 4. The minimum absolute atomic E-state index is 0.0343. The summed E-state index contributed by atoms with van der Waals surface area (Å²) in [6.07, 6.45) is 0.423. The molecule has 0 radical (unpaired) electrons. The highest BCUT2D eigenvalue weighted by atomic mass is 16.5. The quantitative estimate of drug-likeness (QED) is 0.589. The molecule has 1 aromatic heterocycles. The van der Waals surface area contributed by atoms with Gasteiger partial charge in [-0.25, -0.2) is 9.48 Å². The second-order valence-electron chi connectivity index (χ2n) is 7.02. The number of ether oxygens (including phenoxy) is 1. The van der Waals surface area contributed by atoms with Crippen molar-refractivity contribution in [1.82, 2.24) is 14.7 Å². The van der Waals surface area contributed by atoms with Crippen LogP contribution in [-0.4, -0.2) is 50.5 Å². The monoisotopic (exact) mass is 398 g/mol. The van der Waals surface area contributed by atoms with Crippen molar-refractivity contribution < 1.29 is 23.9 Å². The van der Waals surface area contributed by atoms with E-state index < -0.39 is 35.8 Å². The first-order valence-corrected chi connectivity index (χ1v) is 9.24. The zero-order valence-corrected chi connectivity index (χ0v) is 16.6. The lowest BCUT2D eigenvalue weighted by Gasteiger charge is -2.23. The van der Waals surface area contributed by atoms with E-state index in [0.29, 0.717) is 5.82 Å². The lowest BCUT2D eigenvalue weighted by atomic mass is 10.1. The molecule has 0 fully saturated rings. The molecule has 1 aromatic carbocycles. The summed E-state index contributed by atoms with van der Waals surface area (Å²) < 4.78 is 6.82. The molecule has 29 heavy (non-hydrogen) atoms. The average molecular weight is 398 g/mol. The maximum absolute atomic E-state index is 12.5. The van der Waals surface area contributed by atoms with Crippen LogP contribution in [0.25, 0.3) is 0 Å². The van der Waals surface area contributed by atoms with Gasteiger partial charge in [0.1, 0.15) is 11.9 Å². The van der Waals surface area contributed by atoms with Crippen LogP contribution >= 0.6 is 0 Å². The highest BCUT2D eigenvalue weighted by Gasteiger charge is 2.41. The topological polar surface area (TPSA) is 111 Å². The number of esters is 1. The van der Waals surface area contributed by atoms with E-state index >= 15 is 0 Å². The fraction of sp³-hybridized carbons (Fsp3) is 0.350. The molecule has 3 rings (SSSR count). The van der Waals surface area contributed by atoms with Crippen LogP contribution in [0, 0.1) is 0 Å². The van der Waals surface area contributed by atoms with Crippen LogP contribution in [0.2, 0.25) is 0 Å². The standard InChI is InChI=1S/C20H22N4O5/c1-11(2)24-16(9-10-21-24)22-17(25)13(4)29-20(28)12(3)23-18(26)14-7-5-6-8-15(14)19(23)27/h5-13H,1-4H3,(H,22,25)/t12-,13-/m0/s1. The van der Waals surface area contributed by atoms with Crippen LogP contribution < -0.4 is 5.32 Å². The third kappa shape index (κ3) is 3.75. The Morgan fingerprint density at radius 1 is 1.00 bits per heavy atom. The van der Waals surface area contributed by atoms with Crippen molar-refractivity contribution >= 4 is 29.5 Å². The molecular formula is C20H22N4O5. The van der Waals surface area contributed by atoms with E-state index in [-0.39, 0.29) is 17.2 Å². The van der Waals surface area contributed by atoms with Crippen molar-refractivity contribution in [2.75, 3.05) is 5.32 Å². The lowest BCUT2D eigenvalue weighted by molar-refractivity contribution is -0.156. The molecule has 0 spiro atoms. The summed E-state index contributed by atoms with van der Waals surface area (Å²) >= 11 is 0. The molecule has 2 heterocycles. The summed E-state index contributed by atoms with van der Waals surface area (Å²) in [4.78, 5) is 50.7. The molecule has 0 aliphatic carbocycles. The molecule has 3 amide bonds. The van der Waals surface area contributed by atoms with E-state index in [1.807, 2.05) is 13.8 Å². The van der Waals surface area contributed by atoms with Crippen molar-refractivity contribution in [3.63, 3.8) is 0 Å². The van der Waals surface area contributed by atoms with Gasteiger partial charge in [-0.3, -0.25) is 19.3 Å². The van der Waals surface area contributed by atoms with Gasteiger partial charge in [-0.1, -0.05) is 12.1 Å². The molecule has 1 N–H and O–H groups in total. The predicted molar refractivity (Wildman–Crippen MR) is 103 cm³/mol. The maximum atomic E-state index is 12.5. The third-order valence-corrected chi connectivity index (χ3v) is 4.63. The number of hydrogen-bond acceptors (Lipinski definition) is 6. The minimum Gasteiger partial charge on any atom is -0.451 e. The van der Waals surface area contributed by atoms with Crippen molar-refractivity contribution in [1.29, 1.82) is 0 Å². The maximum Gasteiger partial charge on any atom is 0.329 e. The number of benzene rings is 1. The Bertz CT molecular complexity index is 946. The summed E-state index contributed by atoms with van der Waals surface area (Å²) in [5, 5.41) is 6.77. The van der Waals surface area contributed by atoms with Gasteiger partial charge < -0.3 is 10.1 Å². The SMILES string of the molecule is CC(C)n1nccc1NC(=O)[C@H](C)OC(=O)[C@H](C)N1C(=O)c2ccccc2C1=O. The molecule has 0 unspecified atom stereocenters.